The summed E-state index contributed by atoms with van der Waals surface area (Å²) in [5.41, 5.74) is 27.4. The third kappa shape index (κ3) is 5.60. The van der Waals surface area contributed by atoms with Crippen molar-refractivity contribution < 1.29 is 0 Å². The molecule has 0 spiro atoms. The number of nitrogens with zero attached hydrogens (tertiary/aromatic N) is 5. The Balaban J connectivity index is 1.19. The molecule has 11 heterocycles. The summed E-state index contributed by atoms with van der Waals surface area (Å²) in [4.78, 5) is 44.8. The van der Waals surface area contributed by atoms with E-state index in [1.54, 1.807) is 0 Å². The second kappa shape index (κ2) is 14.3. The number of H-pyrrole nitrogens is 4. The number of nitrogens with one attached hydrogen (secondary N) is 4. The van der Waals surface area contributed by atoms with Crippen LogP contribution in [-0.2, 0) is 6.42 Å². The Bertz CT molecular complexity index is 4480. The van der Waals surface area contributed by atoms with Gasteiger partial charge in [0.25, 0.3) is 0 Å². The Morgan fingerprint density at radius 2 is 1.37 bits per heavy atom. The summed E-state index contributed by atoms with van der Waals surface area (Å²) in [6, 6.07) is 28.5. The van der Waals surface area contributed by atoms with Crippen LogP contribution in [0.1, 0.15) is 86.1 Å². The van der Waals surface area contributed by atoms with Crippen molar-refractivity contribution in [1.29, 1.82) is 0 Å². The van der Waals surface area contributed by atoms with E-state index in [2.05, 4.69) is 168 Å². The topological polar surface area (TPSA) is 127 Å². The summed E-state index contributed by atoms with van der Waals surface area (Å²) in [5, 5.41) is 4.11. The van der Waals surface area contributed by atoms with Crippen LogP contribution in [0.2, 0.25) is 0 Å². The quantitative estimate of drug-likeness (QED) is 0.129. The van der Waals surface area contributed by atoms with Crippen molar-refractivity contribution in [2.45, 2.75) is 64.8 Å². The molecule has 16 rings (SSSR count). The van der Waals surface area contributed by atoms with Crippen molar-refractivity contribution in [2.75, 3.05) is 0 Å². The van der Waals surface area contributed by atoms with E-state index in [0.29, 0.717) is 6.42 Å². The minimum absolute atomic E-state index is 0.0213. The monoisotopic (exact) mass is 917 g/mol. The second-order valence-corrected chi connectivity index (χ2v) is 20.5. The zero-order valence-electron chi connectivity index (χ0n) is 39.6. The zero-order chi connectivity index (χ0) is 46.8. The molecule has 0 fully saturated rings. The van der Waals surface area contributed by atoms with E-state index in [4.69, 9.17) is 24.9 Å². The van der Waals surface area contributed by atoms with Crippen LogP contribution in [0.15, 0.2) is 153 Å². The van der Waals surface area contributed by atoms with E-state index in [9.17, 15) is 0 Å². The molecule has 0 radical (unpaired) electrons. The molecule has 0 saturated carbocycles. The highest BCUT2D eigenvalue weighted by Gasteiger charge is 2.44. The predicted molar refractivity (Wildman–Crippen MR) is 289 cm³/mol. The van der Waals surface area contributed by atoms with Gasteiger partial charge >= 0.3 is 0 Å². The first-order valence-electron chi connectivity index (χ1n) is 25.3. The fourth-order valence-corrected chi connectivity index (χ4v) is 13.2. The van der Waals surface area contributed by atoms with Crippen molar-refractivity contribution in [3.8, 4) is 11.3 Å². The lowest BCUT2D eigenvalue weighted by molar-refractivity contribution is 0.425. The number of benzene rings is 3. The van der Waals surface area contributed by atoms with Gasteiger partial charge in [0.05, 0.1) is 44.9 Å². The maximum absolute atomic E-state index is 6.19. The fraction of sp³-hybridized carbons (Fsp3) is 0.177. The Morgan fingerprint density at radius 3 is 2.20 bits per heavy atom. The van der Waals surface area contributed by atoms with E-state index in [0.717, 1.165) is 148 Å². The van der Waals surface area contributed by atoms with Crippen LogP contribution in [0.4, 0.5) is 0 Å². The summed E-state index contributed by atoms with van der Waals surface area (Å²) in [7, 11) is 0. The van der Waals surface area contributed by atoms with Crippen LogP contribution in [0, 0.1) is 5.92 Å². The Labute approximate surface area is 407 Å². The highest BCUT2D eigenvalue weighted by Crippen LogP contribution is 2.50. The summed E-state index contributed by atoms with van der Waals surface area (Å²) < 4.78 is 0. The SMILES string of the molecule is CCC1=c2c3ccc4c5ccc(cc6ccc([nH]6)c6ccc7c8nc9c%10c(c(c(nc24)c9nc86)C1)C(CC)C1C(=CC=C(C2=C(C)CCC(=Cc4ccc-7[nH]4)C=C2)C1N=%10)c1ccc([nH]1)C=C1C=CC3=N1)[nH]5. The van der Waals surface area contributed by atoms with Gasteiger partial charge in [-0.3, -0.25) is 4.99 Å². The number of aromatic nitrogens is 7. The molecule has 9 aromatic rings. The predicted octanol–water partition coefficient (Wildman–Crippen LogP) is 12.9. The van der Waals surface area contributed by atoms with Crippen LogP contribution in [0.5, 0.6) is 0 Å². The van der Waals surface area contributed by atoms with Gasteiger partial charge < -0.3 is 19.9 Å². The lowest BCUT2D eigenvalue weighted by atomic mass is 9.66. The largest absolute Gasteiger partial charge is 0.355 e. The number of allylic oxidation sites excluding steroid dienone is 8. The molecular formula is C62H47N9. The molecule has 9 nitrogen and oxygen atoms in total. The van der Waals surface area contributed by atoms with Crippen LogP contribution in [0.3, 0.4) is 0 Å². The fourth-order valence-electron chi connectivity index (χ4n) is 13.2. The molecule has 340 valence electrons. The van der Waals surface area contributed by atoms with Crippen molar-refractivity contribution in [1.82, 2.24) is 34.9 Å². The zero-order valence-corrected chi connectivity index (χ0v) is 39.6. The van der Waals surface area contributed by atoms with Crippen molar-refractivity contribution in [2.24, 2.45) is 15.9 Å². The maximum Gasteiger partial charge on any atom is 0.118 e. The number of hydrogen-bond donors (Lipinski definition) is 4. The molecule has 3 atom stereocenters. The summed E-state index contributed by atoms with van der Waals surface area (Å²) >= 11 is 0. The average Bonchev–Trinajstić information content (AvgIpc) is 4.26. The van der Waals surface area contributed by atoms with Crippen LogP contribution in [0.25, 0.3) is 100 Å². The molecule has 4 N–H and O–H groups in total. The number of rotatable bonds is 2. The average molecular weight is 918 g/mol. The molecule has 6 aromatic heterocycles. The van der Waals surface area contributed by atoms with Crippen LogP contribution in [-0.4, -0.2) is 46.6 Å². The van der Waals surface area contributed by atoms with Gasteiger partial charge in [0, 0.05) is 77.9 Å². The molecule has 24 bridgehead atoms. The Hall–Kier alpha value is -8.43. The third-order valence-electron chi connectivity index (χ3n) is 16.6. The number of aromatic amines is 4. The van der Waals surface area contributed by atoms with Gasteiger partial charge in [0.2, 0.25) is 0 Å². The molecule has 0 saturated heterocycles. The lowest BCUT2D eigenvalue weighted by Gasteiger charge is -2.41. The van der Waals surface area contributed by atoms with Crippen LogP contribution >= 0.6 is 0 Å². The molecule has 0 amide bonds. The molecule has 3 aromatic carbocycles. The first-order chi connectivity index (χ1) is 34.9. The van der Waals surface area contributed by atoms with Gasteiger partial charge in [0.1, 0.15) is 11.0 Å². The molecular weight excluding hydrogens is 871 g/mol. The first kappa shape index (κ1) is 39.4. The summed E-state index contributed by atoms with van der Waals surface area (Å²) in [6.45, 7) is 7.00. The van der Waals surface area contributed by atoms with Crippen LogP contribution < -0.4 is 10.6 Å². The van der Waals surface area contributed by atoms with Crippen molar-refractivity contribution in [3.63, 3.8) is 0 Å². The van der Waals surface area contributed by atoms with E-state index >= 15 is 0 Å². The Kier molecular flexibility index (Phi) is 7.95. The molecule has 3 unspecified atom stereocenters. The molecule has 71 heavy (non-hydrogen) atoms. The number of aliphatic imine (C=N–C) groups is 1. The smallest absolute Gasteiger partial charge is 0.118 e. The summed E-state index contributed by atoms with van der Waals surface area (Å²) in [5.74, 6) is 0.0921. The van der Waals surface area contributed by atoms with E-state index < -0.39 is 0 Å². The minimum atomic E-state index is -0.188. The van der Waals surface area contributed by atoms with Crippen molar-refractivity contribution >= 4 is 94.9 Å². The van der Waals surface area contributed by atoms with E-state index in [1.165, 1.54) is 44.6 Å². The minimum Gasteiger partial charge on any atom is -0.355 e. The normalized spacial score (nSPS) is 20.2. The second-order valence-electron chi connectivity index (χ2n) is 20.5. The van der Waals surface area contributed by atoms with Gasteiger partial charge in [-0.1, -0.05) is 55.4 Å². The maximum atomic E-state index is 6.19. The van der Waals surface area contributed by atoms with Gasteiger partial charge in [0.15, 0.2) is 0 Å². The van der Waals surface area contributed by atoms with Gasteiger partial charge in [-0.15, -0.1) is 0 Å². The molecule has 2 aliphatic carbocycles. The molecule has 9 heteroatoms. The lowest BCUT2D eigenvalue weighted by Crippen LogP contribution is -2.40. The van der Waals surface area contributed by atoms with Gasteiger partial charge in [-0.2, -0.15) is 0 Å². The van der Waals surface area contributed by atoms with E-state index in [1.807, 2.05) is 0 Å². The standard InChI is InChI=1S/C62H47N9/c1-4-32-27-46-54-38(5-2)53-42-16-15-40-39-14-8-31(7-6-30(39)3)26-33-9-23-50(63-33)44-19-20-45-51-25-13-37(67-51)29-36-12-24-49(66-36)43-18-17-41(47-21-10-34(64-47)28-35-11-22-48(42)65-35)52(32)56(43)68-59(46)61-62(60(54)69-55(40)53)71-58(44)57(45)70-61/h8-26,28-29,38,53,55,63,65-67H,4-7,27H2,1-3H3. The van der Waals surface area contributed by atoms with E-state index in [-0.39, 0.29) is 17.9 Å². The highest BCUT2D eigenvalue weighted by atomic mass is 14.9. The van der Waals surface area contributed by atoms with Gasteiger partial charge in [-0.25, -0.2) is 19.9 Å². The summed E-state index contributed by atoms with van der Waals surface area (Å²) in [6.07, 6.45) is 22.6. The highest BCUT2D eigenvalue weighted by molar-refractivity contribution is 6.15. The third-order valence-corrected chi connectivity index (χ3v) is 16.6. The number of fused-ring (bicyclic) bond motifs is 18. The first-order valence-corrected chi connectivity index (χ1v) is 25.3. The number of hydrogen-bond acceptors (Lipinski definition) is 5. The molecule has 7 aliphatic rings. The molecule has 5 aliphatic heterocycles. The van der Waals surface area contributed by atoms with Crippen molar-refractivity contribution in [3.05, 3.63) is 188 Å². The Morgan fingerprint density at radius 1 is 0.620 bits per heavy atom. The van der Waals surface area contributed by atoms with Gasteiger partial charge in [-0.05, 0) is 175 Å².